The van der Waals surface area contributed by atoms with Crippen LogP contribution in [-0.2, 0) is 19.1 Å². The van der Waals surface area contributed by atoms with Gasteiger partial charge in [-0.05, 0) is 33.6 Å². The molecule has 1 atom stereocenters. The fourth-order valence-corrected chi connectivity index (χ4v) is 2.83. The van der Waals surface area contributed by atoms with E-state index in [2.05, 4.69) is 0 Å². The Hall–Kier alpha value is -0.750. The maximum Gasteiger partial charge on any atom is 0.329 e. The number of thioether (sulfide) groups is 1. The molecule has 0 radical (unpaired) electrons. The molecule has 0 spiro atoms. The van der Waals surface area contributed by atoms with Gasteiger partial charge in [-0.2, -0.15) is 0 Å². The van der Waals surface area contributed by atoms with Crippen LogP contribution in [0.3, 0.4) is 0 Å². The van der Waals surface area contributed by atoms with E-state index in [1.807, 2.05) is 20.8 Å². The number of likely N-dealkylation sites (tertiary alicyclic amines) is 1. The number of ether oxygens (including phenoxy) is 2. The molecule has 0 saturated carbocycles. The zero-order valence-corrected chi connectivity index (χ0v) is 13.6. The van der Waals surface area contributed by atoms with Gasteiger partial charge in [0.1, 0.15) is 11.6 Å². The van der Waals surface area contributed by atoms with Gasteiger partial charge in [0.25, 0.3) is 0 Å². The Kier molecular flexibility index (Phi) is 6.82. The van der Waals surface area contributed by atoms with Gasteiger partial charge in [0.15, 0.2) is 0 Å². The molecule has 6 heteroatoms. The van der Waals surface area contributed by atoms with Crippen LogP contribution in [0.15, 0.2) is 0 Å². The summed E-state index contributed by atoms with van der Waals surface area (Å²) in [4.78, 5) is 25.9. The summed E-state index contributed by atoms with van der Waals surface area (Å²) in [7, 11) is 1.64. The second-order valence-electron chi connectivity index (χ2n) is 5.82. The highest BCUT2D eigenvalue weighted by Crippen LogP contribution is 2.22. The first kappa shape index (κ1) is 17.3. The van der Waals surface area contributed by atoms with Crippen LogP contribution in [0.1, 0.15) is 33.6 Å². The van der Waals surface area contributed by atoms with E-state index in [1.165, 1.54) is 11.8 Å². The maximum atomic E-state index is 12.1. The summed E-state index contributed by atoms with van der Waals surface area (Å²) in [6, 6.07) is -0.412. The van der Waals surface area contributed by atoms with E-state index in [4.69, 9.17) is 9.47 Å². The second-order valence-corrected chi connectivity index (χ2v) is 6.93. The van der Waals surface area contributed by atoms with Crippen LogP contribution in [0.2, 0.25) is 0 Å². The first-order valence-electron chi connectivity index (χ1n) is 6.94. The van der Waals surface area contributed by atoms with E-state index in [0.717, 1.165) is 12.2 Å². The molecule has 0 bridgehead atoms. The zero-order valence-electron chi connectivity index (χ0n) is 12.8. The topological polar surface area (TPSA) is 55.8 Å². The van der Waals surface area contributed by atoms with Crippen LogP contribution in [0.25, 0.3) is 0 Å². The Bertz CT molecular complexity index is 341. The fraction of sp³-hybridized carbons (Fsp3) is 0.857. The quantitative estimate of drug-likeness (QED) is 0.552. The van der Waals surface area contributed by atoms with Gasteiger partial charge >= 0.3 is 5.97 Å². The van der Waals surface area contributed by atoms with Gasteiger partial charge in [-0.3, -0.25) is 4.79 Å². The van der Waals surface area contributed by atoms with Crippen LogP contribution in [0, 0.1) is 0 Å². The van der Waals surface area contributed by atoms with E-state index in [-0.39, 0.29) is 11.9 Å². The van der Waals surface area contributed by atoms with Crippen molar-refractivity contribution >= 4 is 23.6 Å². The SMILES string of the molecule is COCCSCC(=O)N1CCC[C@@H]1C(=O)OC(C)(C)C. The number of carbonyl (C=O) groups is 2. The van der Waals surface area contributed by atoms with Gasteiger partial charge in [-0.25, -0.2) is 4.79 Å². The third-order valence-corrected chi connectivity index (χ3v) is 3.82. The van der Waals surface area contributed by atoms with Crippen molar-refractivity contribution in [2.45, 2.75) is 45.3 Å². The van der Waals surface area contributed by atoms with Gasteiger partial charge in [-0.15, -0.1) is 11.8 Å². The molecule has 0 aromatic rings. The van der Waals surface area contributed by atoms with Crippen molar-refractivity contribution < 1.29 is 19.1 Å². The molecule has 0 aliphatic carbocycles. The largest absolute Gasteiger partial charge is 0.458 e. The van der Waals surface area contributed by atoms with Crippen molar-refractivity contribution in [1.82, 2.24) is 4.90 Å². The average Bonchev–Trinajstić information content (AvgIpc) is 2.81. The maximum absolute atomic E-state index is 12.1. The van der Waals surface area contributed by atoms with E-state index in [9.17, 15) is 9.59 Å². The summed E-state index contributed by atoms with van der Waals surface area (Å²) in [5.74, 6) is 0.903. The summed E-state index contributed by atoms with van der Waals surface area (Å²) < 4.78 is 10.3. The lowest BCUT2D eigenvalue weighted by molar-refractivity contribution is -0.162. The summed E-state index contributed by atoms with van der Waals surface area (Å²) in [5.41, 5.74) is -0.512. The molecule has 1 saturated heterocycles. The highest BCUT2D eigenvalue weighted by atomic mass is 32.2. The number of nitrogens with zero attached hydrogens (tertiary/aromatic N) is 1. The lowest BCUT2D eigenvalue weighted by Gasteiger charge is -2.27. The van der Waals surface area contributed by atoms with E-state index in [1.54, 1.807) is 12.0 Å². The Labute approximate surface area is 125 Å². The van der Waals surface area contributed by atoms with Crippen molar-refractivity contribution in [3.8, 4) is 0 Å². The van der Waals surface area contributed by atoms with Crippen molar-refractivity contribution in [2.24, 2.45) is 0 Å². The van der Waals surface area contributed by atoms with Crippen LogP contribution >= 0.6 is 11.8 Å². The van der Waals surface area contributed by atoms with Gasteiger partial charge in [0.05, 0.1) is 12.4 Å². The van der Waals surface area contributed by atoms with E-state index >= 15 is 0 Å². The summed E-state index contributed by atoms with van der Waals surface area (Å²) in [6.07, 6.45) is 1.56. The number of carbonyl (C=O) groups excluding carboxylic acids is 2. The minimum atomic E-state index is -0.512. The summed E-state index contributed by atoms with van der Waals surface area (Å²) in [5, 5.41) is 0. The first-order chi connectivity index (χ1) is 9.35. The monoisotopic (exact) mass is 303 g/mol. The molecular formula is C14H25NO4S. The molecule has 0 unspecified atom stereocenters. The molecule has 0 aromatic carbocycles. The van der Waals surface area contributed by atoms with Crippen molar-refractivity contribution in [1.29, 1.82) is 0 Å². The minimum Gasteiger partial charge on any atom is -0.458 e. The first-order valence-corrected chi connectivity index (χ1v) is 8.09. The summed E-state index contributed by atoms with van der Waals surface area (Å²) in [6.45, 7) is 6.80. The predicted octanol–water partition coefficient (Wildman–Crippen LogP) is 1.70. The Morgan fingerprint density at radius 3 is 2.65 bits per heavy atom. The number of hydrogen-bond donors (Lipinski definition) is 0. The van der Waals surface area contributed by atoms with E-state index in [0.29, 0.717) is 25.3 Å². The predicted molar refractivity (Wildman–Crippen MR) is 79.8 cm³/mol. The average molecular weight is 303 g/mol. The molecule has 1 rings (SSSR count). The van der Waals surface area contributed by atoms with E-state index < -0.39 is 11.6 Å². The standard InChI is InChI=1S/C14H25NO4S/c1-14(2,3)19-13(17)11-6-5-7-15(11)12(16)10-20-9-8-18-4/h11H,5-10H2,1-4H3/t11-/m1/s1. The van der Waals surface area contributed by atoms with Crippen LogP contribution in [0.4, 0.5) is 0 Å². The van der Waals surface area contributed by atoms with Gasteiger partial charge < -0.3 is 14.4 Å². The highest BCUT2D eigenvalue weighted by molar-refractivity contribution is 7.99. The van der Waals surface area contributed by atoms with Crippen molar-refractivity contribution in [3.05, 3.63) is 0 Å². The highest BCUT2D eigenvalue weighted by Gasteiger charge is 2.36. The van der Waals surface area contributed by atoms with Gasteiger partial charge in [0.2, 0.25) is 5.91 Å². The van der Waals surface area contributed by atoms with Gasteiger partial charge in [0, 0.05) is 19.4 Å². The molecule has 0 N–H and O–H groups in total. The second kappa shape index (κ2) is 7.88. The summed E-state index contributed by atoms with van der Waals surface area (Å²) >= 11 is 1.53. The lowest BCUT2D eigenvalue weighted by Crippen LogP contribution is -2.44. The smallest absolute Gasteiger partial charge is 0.329 e. The van der Waals surface area contributed by atoms with Crippen LogP contribution in [0.5, 0.6) is 0 Å². The zero-order chi connectivity index (χ0) is 15.2. The Morgan fingerprint density at radius 2 is 2.05 bits per heavy atom. The minimum absolute atomic E-state index is 0.0134. The molecule has 1 fully saturated rings. The van der Waals surface area contributed by atoms with Gasteiger partial charge in [-0.1, -0.05) is 0 Å². The number of rotatable bonds is 6. The molecule has 20 heavy (non-hydrogen) atoms. The van der Waals surface area contributed by atoms with Crippen LogP contribution in [-0.4, -0.2) is 60.2 Å². The molecule has 1 amide bonds. The molecule has 0 aromatic heterocycles. The molecule has 1 aliphatic heterocycles. The number of amides is 1. The number of methoxy groups -OCH3 is 1. The Morgan fingerprint density at radius 1 is 1.35 bits per heavy atom. The Balaban J connectivity index is 2.47. The lowest BCUT2D eigenvalue weighted by atomic mass is 10.1. The van der Waals surface area contributed by atoms with Crippen molar-refractivity contribution in [3.63, 3.8) is 0 Å². The molecule has 5 nitrogen and oxygen atoms in total. The van der Waals surface area contributed by atoms with Crippen LogP contribution < -0.4 is 0 Å². The number of esters is 1. The molecule has 1 aliphatic rings. The fourth-order valence-electron chi connectivity index (χ4n) is 2.06. The molecular weight excluding hydrogens is 278 g/mol. The third kappa shape index (κ3) is 5.71. The normalized spacial score (nSPS) is 19.2. The van der Waals surface area contributed by atoms with Crippen molar-refractivity contribution in [2.75, 3.05) is 31.8 Å². The number of hydrogen-bond acceptors (Lipinski definition) is 5. The molecule has 116 valence electrons. The third-order valence-electron chi connectivity index (χ3n) is 2.91. The molecule has 1 heterocycles.